The number of hydrogen-bond acceptors (Lipinski definition) is 2. The molecular formula is C15H28N2O3. The normalized spacial score (nSPS) is 16.6. The molecule has 0 aromatic carbocycles. The molecule has 0 radical (unpaired) electrons. The van der Waals surface area contributed by atoms with Crippen LogP contribution in [0.4, 0.5) is 4.79 Å². The second-order valence-corrected chi connectivity index (χ2v) is 6.22. The first kappa shape index (κ1) is 16.8. The minimum Gasteiger partial charge on any atom is -0.480 e. The quantitative estimate of drug-likeness (QED) is 0.570. The number of nitrogens with one attached hydrogen (secondary N) is 2. The fourth-order valence-electron chi connectivity index (χ4n) is 2.42. The predicted octanol–water partition coefficient (Wildman–Crippen LogP) is 2.90. The summed E-state index contributed by atoms with van der Waals surface area (Å²) in [7, 11) is 0. The maximum atomic E-state index is 11.6. The van der Waals surface area contributed by atoms with E-state index < -0.39 is 11.5 Å². The minimum atomic E-state index is -1.01. The zero-order valence-corrected chi connectivity index (χ0v) is 12.7. The van der Waals surface area contributed by atoms with E-state index in [1.165, 1.54) is 19.3 Å². The van der Waals surface area contributed by atoms with Gasteiger partial charge in [-0.15, -0.1) is 0 Å². The van der Waals surface area contributed by atoms with E-state index in [9.17, 15) is 9.59 Å². The number of carboxylic acids is 1. The molecule has 116 valence electrons. The summed E-state index contributed by atoms with van der Waals surface area (Å²) in [5.74, 6) is -0.166. The standard InChI is InChI=1S/C15H28N2O3/c1-12(2)8-5-3-4-6-11-16-14(20)17-15(13(18)19)9-7-10-15/h12H,3-11H2,1-2H3,(H,18,19)(H2,16,17,20). The highest BCUT2D eigenvalue weighted by atomic mass is 16.4. The molecule has 3 N–H and O–H groups in total. The van der Waals surface area contributed by atoms with Crippen molar-refractivity contribution in [2.75, 3.05) is 6.54 Å². The molecular weight excluding hydrogens is 256 g/mol. The molecule has 0 heterocycles. The van der Waals surface area contributed by atoms with Gasteiger partial charge in [0.1, 0.15) is 5.54 Å². The number of carboxylic acid groups (broad SMARTS) is 1. The molecule has 0 aromatic rings. The van der Waals surface area contributed by atoms with Crippen LogP contribution in [0.1, 0.15) is 65.2 Å². The van der Waals surface area contributed by atoms with Crippen molar-refractivity contribution in [2.45, 2.75) is 70.8 Å². The Morgan fingerprint density at radius 3 is 2.30 bits per heavy atom. The highest BCUT2D eigenvalue weighted by Gasteiger charge is 2.45. The Kier molecular flexibility index (Phi) is 6.82. The number of aliphatic carboxylic acids is 1. The maximum Gasteiger partial charge on any atom is 0.329 e. The molecule has 0 unspecified atom stereocenters. The van der Waals surface area contributed by atoms with Gasteiger partial charge in [-0.3, -0.25) is 0 Å². The number of carbonyl (C=O) groups excluding carboxylic acids is 1. The van der Waals surface area contributed by atoms with Crippen LogP contribution in [0.3, 0.4) is 0 Å². The monoisotopic (exact) mass is 284 g/mol. The lowest BCUT2D eigenvalue weighted by Gasteiger charge is -2.38. The average molecular weight is 284 g/mol. The smallest absolute Gasteiger partial charge is 0.329 e. The third-order valence-corrected chi connectivity index (χ3v) is 3.96. The first-order valence-corrected chi connectivity index (χ1v) is 7.76. The molecule has 5 nitrogen and oxygen atoms in total. The van der Waals surface area contributed by atoms with E-state index in [1.54, 1.807) is 0 Å². The van der Waals surface area contributed by atoms with Crippen molar-refractivity contribution in [3.8, 4) is 0 Å². The van der Waals surface area contributed by atoms with Gasteiger partial charge < -0.3 is 15.7 Å². The van der Waals surface area contributed by atoms with Gasteiger partial charge in [-0.05, 0) is 31.6 Å². The van der Waals surface area contributed by atoms with E-state index in [2.05, 4.69) is 24.5 Å². The number of amides is 2. The molecule has 1 fully saturated rings. The lowest BCUT2D eigenvalue weighted by molar-refractivity contribution is -0.148. The third-order valence-electron chi connectivity index (χ3n) is 3.96. The lowest BCUT2D eigenvalue weighted by Crippen LogP contribution is -2.61. The van der Waals surface area contributed by atoms with Crippen molar-refractivity contribution in [3.63, 3.8) is 0 Å². The predicted molar refractivity (Wildman–Crippen MR) is 78.7 cm³/mol. The Balaban J connectivity index is 2.04. The second kappa shape index (κ2) is 8.12. The lowest BCUT2D eigenvalue weighted by atomic mass is 9.77. The number of unbranched alkanes of at least 4 members (excludes halogenated alkanes) is 3. The molecule has 1 aliphatic carbocycles. The maximum absolute atomic E-state index is 11.6. The van der Waals surface area contributed by atoms with Crippen molar-refractivity contribution >= 4 is 12.0 Å². The van der Waals surface area contributed by atoms with E-state index in [1.807, 2.05) is 0 Å². The first-order valence-electron chi connectivity index (χ1n) is 7.76. The highest BCUT2D eigenvalue weighted by Crippen LogP contribution is 2.31. The van der Waals surface area contributed by atoms with E-state index in [-0.39, 0.29) is 6.03 Å². The molecule has 5 heteroatoms. The summed E-state index contributed by atoms with van der Waals surface area (Å²) in [6, 6.07) is -0.353. The van der Waals surface area contributed by atoms with Gasteiger partial charge in [-0.25, -0.2) is 9.59 Å². The van der Waals surface area contributed by atoms with Crippen LogP contribution >= 0.6 is 0 Å². The molecule has 1 rings (SSSR count). The van der Waals surface area contributed by atoms with Gasteiger partial charge in [0.25, 0.3) is 0 Å². The summed E-state index contributed by atoms with van der Waals surface area (Å²) in [6.45, 7) is 5.07. The summed E-state index contributed by atoms with van der Waals surface area (Å²) in [6.07, 6.45) is 7.68. The van der Waals surface area contributed by atoms with Crippen molar-refractivity contribution in [1.29, 1.82) is 0 Å². The SMILES string of the molecule is CC(C)CCCCCCNC(=O)NC1(C(=O)O)CCC1. The number of urea groups is 1. The fraction of sp³-hybridized carbons (Fsp3) is 0.867. The van der Waals surface area contributed by atoms with Crippen molar-refractivity contribution in [1.82, 2.24) is 10.6 Å². The molecule has 0 spiro atoms. The van der Waals surface area contributed by atoms with Gasteiger partial charge in [0, 0.05) is 6.54 Å². The molecule has 0 saturated heterocycles. The third kappa shape index (κ3) is 5.39. The van der Waals surface area contributed by atoms with Gasteiger partial charge >= 0.3 is 12.0 Å². The van der Waals surface area contributed by atoms with E-state index in [4.69, 9.17) is 5.11 Å². The van der Waals surface area contributed by atoms with Crippen LogP contribution in [-0.2, 0) is 4.79 Å². The summed E-state index contributed by atoms with van der Waals surface area (Å²) in [5, 5.41) is 14.4. The Morgan fingerprint density at radius 2 is 1.80 bits per heavy atom. The van der Waals surface area contributed by atoms with Gasteiger partial charge in [-0.2, -0.15) is 0 Å². The van der Waals surface area contributed by atoms with E-state index >= 15 is 0 Å². The van der Waals surface area contributed by atoms with Crippen molar-refractivity contribution in [3.05, 3.63) is 0 Å². The Labute approximate surface area is 121 Å². The van der Waals surface area contributed by atoms with Gasteiger partial charge in [-0.1, -0.05) is 39.5 Å². The highest BCUT2D eigenvalue weighted by molar-refractivity contribution is 5.87. The van der Waals surface area contributed by atoms with Gasteiger partial charge in [0.2, 0.25) is 0 Å². The fourth-order valence-corrected chi connectivity index (χ4v) is 2.42. The van der Waals surface area contributed by atoms with Crippen LogP contribution in [0.25, 0.3) is 0 Å². The number of rotatable bonds is 9. The molecule has 1 aliphatic rings. The molecule has 0 atom stereocenters. The van der Waals surface area contributed by atoms with Crippen LogP contribution < -0.4 is 10.6 Å². The molecule has 1 saturated carbocycles. The largest absolute Gasteiger partial charge is 0.480 e. The Bertz CT molecular complexity index is 325. The van der Waals surface area contributed by atoms with Crippen molar-refractivity contribution < 1.29 is 14.7 Å². The summed E-state index contributed by atoms with van der Waals surface area (Å²) < 4.78 is 0. The van der Waals surface area contributed by atoms with Crippen LogP contribution in [0.15, 0.2) is 0 Å². The summed E-state index contributed by atoms with van der Waals surface area (Å²) >= 11 is 0. The Morgan fingerprint density at radius 1 is 1.15 bits per heavy atom. The minimum absolute atomic E-state index is 0.353. The molecule has 0 aromatic heterocycles. The second-order valence-electron chi connectivity index (χ2n) is 6.22. The molecule has 20 heavy (non-hydrogen) atoms. The summed E-state index contributed by atoms with van der Waals surface area (Å²) in [4.78, 5) is 22.7. The van der Waals surface area contributed by atoms with Crippen LogP contribution in [0.2, 0.25) is 0 Å². The Hall–Kier alpha value is -1.26. The number of hydrogen-bond donors (Lipinski definition) is 3. The average Bonchev–Trinajstić information content (AvgIpc) is 2.31. The molecule has 0 aliphatic heterocycles. The van der Waals surface area contributed by atoms with Gasteiger partial charge in [0.05, 0.1) is 0 Å². The van der Waals surface area contributed by atoms with Crippen LogP contribution in [0.5, 0.6) is 0 Å². The van der Waals surface area contributed by atoms with E-state index in [0.717, 1.165) is 25.2 Å². The van der Waals surface area contributed by atoms with E-state index in [0.29, 0.717) is 19.4 Å². The molecule has 2 amide bonds. The zero-order chi connectivity index (χ0) is 15.0. The molecule has 0 bridgehead atoms. The number of carbonyl (C=O) groups is 2. The summed E-state index contributed by atoms with van der Waals surface area (Å²) in [5.41, 5.74) is -1.01. The van der Waals surface area contributed by atoms with Crippen molar-refractivity contribution in [2.24, 2.45) is 5.92 Å². The van der Waals surface area contributed by atoms with Gasteiger partial charge in [0.15, 0.2) is 0 Å². The first-order chi connectivity index (χ1) is 9.46. The van der Waals surface area contributed by atoms with Crippen LogP contribution in [-0.4, -0.2) is 29.2 Å². The van der Waals surface area contributed by atoms with Crippen LogP contribution in [0, 0.1) is 5.92 Å². The topological polar surface area (TPSA) is 78.4 Å². The zero-order valence-electron chi connectivity index (χ0n) is 12.7.